The minimum absolute atomic E-state index is 0.0860. The Labute approximate surface area is 164 Å². The molecule has 8 heteroatoms. The fourth-order valence-electron chi connectivity index (χ4n) is 3.25. The third-order valence-electron chi connectivity index (χ3n) is 5.00. The van der Waals surface area contributed by atoms with E-state index >= 15 is 0 Å². The van der Waals surface area contributed by atoms with E-state index in [-0.39, 0.29) is 35.4 Å². The number of para-hydroxylation sites is 1. The zero-order valence-electron chi connectivity index (χ0n) is 15.6. The molecule has 2 aromatic rings. The van der Waals surface area contributed by atoms with Crippen LogP contribution < -0.4 is 11.1 Å². The standard InChI is InChI=1S/C20H23N3O4S/c1-14-4-2-3-5-18(14)22-20(25)16-10-12-23(13-11-16)28(26,27)17-8-6-15(7-9-17)19(21)24/h2-9,16H,10-13H2,1H3,(H2,21,24)(H,22,25). The second-order valence-corrected chi connectivity index (χ2v) is 8.81. The number of hydrogen-bond donors (Lipinski definition) is 2. The van der Waals surface area contributed by atoms with Crippen LogP contribution in [0.15, 0.2) is 53.4 Å². The van der Waals surface area contributed by atoms with Gasteiger partial charge in [0.05, 0.1) is 4.90 Å². The van der Waals surface area contributed by atoms with E-state index in [0.717, 1.165) is 11.3 Å². The molecule has 0 spiro atoms. The topological polar surface area (TPSA) is 110 Å². The molecule has 0 saturated carbocycles. The zero-order valence-corrected chi connectivity index (χ0v) is 16.4. The number of carbonyl (C=O) groups is 2. The molecule has 1 saturated heterocycles. The number of aryl methyl sites for hydroxylation is 1. The van der Waals surface area contributed by atoms with Crippen molar-refractivity contribution in [2.24, 2.45) is 11.7 Å². The molecular formula is C20H23N3O4S. The Morgan fingerprint density at radius 2 is 1.64 bits per heavy atom. The number of primary amides is 1. The number of nitrogens with one attached hydrogen (secondary N) is 1. The molecule has 28 heavy (non-hydrogen) atoms. The minimum Gasteiger partial charge on any atom is -0.366 e. The van der Waals surface area contributed by atoms with Crippen molar-refractivity contribution in [3.63, 3.8) is 0 Å². The normalized spacial score (nSPS) is 15.9. The smallest absolute Gasteiger partial charge is 0.248 e. The molecule has 0 aliphatic carbocycles. The number of carbonyl (C=O) groups excluding carboxylic acids is 2. The summed E-state index contributed by atoms with van der Waals surface area (Å²) in [7, 11) is -3.67. The van der Waals surface area contributed by atoms with Crippen LogP contribution in [0.25, 0.3) is 0 Å². The first-order valence-electron chi connectivity index (χ1n) is 9.05. The molecule has 3 rings (SSSR count). The molecule has 1 heterocycles. The molecule has 2 amide bonds. The van der Waals surface area contributed by atoms with Gasteiger partial charge < -0.3 is 11.1 Å². The van der Waals surface area contributed by atoms with Gasteiger partial charge in [0, 0.05) is 30.3 Å². The number of rotatable bonds is 5. The van der Waals surface area contributed by atoms with Crippen molar-refractivity contribution in [2.45, 2.75) is 24.7 Å². The molecule has 0 bridgehead atoms. The summed E-state index contributed by atoms with van der Waals surface area (Å²) in [6.07, 6.45) is 0.909. The summed E-state index contributed by atoms with van der Waals surface area (Å²) >= 11 is 0. The molecule has 7 nitrogen and oxygen atoms in total. The van der Waals surface area contributed by atoms with Crippen molar-refractivity contribution in [3.05, 3.63) is 59.7 Å². The summed E-state index contributed by atoms with van der Waals surface area (Å²) in [5, 5.41) is 2.93. The Bertz CT molecular complexity index is 979. The van der Waals surface area contributed by atoms with Crippen LogP contribution in [0, 0.1) is 12.8 Å². The highest BCUT2D eigenvalue weighted by Gasteiger charge is 2.32. The maximum Gasteiger partial charge on any atom is 0.248 e. The molecule has 1 fully saturated rings. The first-order valence-corrected chi connectivity index (χ1v) is 10.5. The van der Waals surface area contributed by atoms with Crippen LogP contribution in [0.1, 0.15) is 28.8 Å². The zero-order chi connectivity index (χ0) is 20.3. The SMILES string of the molecule is Cc1ccccc1NC(=O)C1CCN(S(=O)(=O)c2ccc(C(N)=O)cc2)CC1. The maximum atomic E-state index is 12.8. The molecule has 0 aromatic heterocycles. The van der Waals surface area contributed by atoms with Crippen LogP contribution in [-0.2, 0) is 14.8 Å². The largest absolute Gasteiger partial charge is 0.366 e. The van der Waals surface area contributed by atoms with Crippen LogP contribution in [0.4, 0.5) is 5.69 Å². The molecule has 2 aromatic carbocycles. The second-order valence-electron chi connectivity index (χ2n) is 6.87. The summed E-state index contributed by atoms with van der Waals surface area (Å²) in [6, 6.07) is 13.1. The Balaban J connectivity index is 1.63. The van der Waals surface area contributed by atoms with Crippen molar-refractivity contribution in [1.29, 1.82) is 0 Å². The molecule has 0 unspecified atom stereocenters. The monoisotopic (exact) mass is 401 g/mol. The Morgan fingerprint density at radius 3 is 2.21 bits per heavy atom. The molecular weight excluding hydrogens is 378 g/mol. The van der Waals surface area contributed by atoms with Crippen molar-refractivity contribution in [1.82, 2.24) is 4.31 Å². The number of anilines is 1. The molecule has 3 N–H and O–H groups in total. The first kappa shape index (κ1) is 20.0. The molecule has 0 radical (unpaired) electrons. The fraction of sp³-hybridized carbons (Fsp3) is 0.300. The van der Waals surface area contributed by atoms with Gasteiger partial charge >= 0.3 is 0 Å². The van der Waals surface area contributed by atoms with E-state index < -0.39 is 15.9 Å². The Kier molecular flexibility index (Phi) is 5.81. The summed E-state index contributed by atoms with van der Waals surface area (Å²) in [5.41, 5.74) is 7.20. The van der Waals surface area contributed by atoms with E-state index in [4.69, 9.17) is 5.73 Å². The molecule has 0 atom stereocenters. The summed E-state index contributed by atoms with van der Waals surface area (Å²) in [5.74, 6) is -0.926. The number of benzene rings is 2. The number of amides is 2. The van der Waals surface area contributed by atoms with Crippen LogP contribution in [0.3, 0.4) is 0 Å². The maximum absolute atomic E-state index is 12.8. The predicted octanol–water partition coefficient (Wildman–Crippen LogP) is 2.13. The van der Waals surface area contributed by atoms with Gasteiger partial charge in [-0.15, -0.1) is 0 Å². The average molecular weight is 401 g/mol. The lowest BCUT2D eigenvalue weighted by Crippen LogP contribution is -2.41. The van der Waals surface area contributed by atoms with Crippen LogP contribution in [0.5, 0.6) is 0 Å². The van der Waals surface area contributed by atoms with Crippen LogP contribution in [0.2, 0.25) is 0 Å². The predicted molar refractivity (Wildman–Crippen MR) is 106 cm³/mol. The van der Waals surface area contributed by atoms with Crippen LogP contribution in [-0.4, -0.2) is 37.6 Å². The Hall–Kier alpha value is -2.71. The summed E-state index contributed by atoms with van der Waals surface area (Å²) in [4.78, 5) is 23.8. The van der Waals surface area contributed by atoms with Gasteiger partial charge in [0.25, 0.3) is 0 Å². The van der Waals surface area contributed by atoms with Crippen molar-refractivity contribution < 1.29 is 18.0 Å². The van der Waals surface area contributed by atoms with Gasteiger partial charge in [0.15, 0.2) is 0 Å². The van der Waals surface area contributed by atoms with Gasteiger partial charge in [-0.25, -0.2) is 8.42 Å². The number of hydrogen-bond acceptors (Lipinski definition) is 4. The van der Waals surface area contributed by atoms with Gasteiger partial charge in [-0.2, -0.15) is 4.31 Å². The fourth-order valence-corrected chi connectivity index (χ4v) is 4.72. The number of nitrogens with two attached hydrogens (primary N) is 1. The van der Waals surface area contributed by atoms with Gasteiger partial charge in [0.2, 0.25) is 21.8 Å². The van der Waals surface area contributed by atoms with E-state index in [1.807, 2.05) is 31.2 Å². The summed E-state index contributed by atoms with van der Waals surface area (Å²) in [6.45, 7) is 2.46. The van der Waals surface area contributed by atoms with E-state index in [9.17, 15) is 18.0 Å². The summed E-state index contributed by atoms with van der Waals surface area (Å²) < 4.78 is 27.0. The van der Waals surface area contributed by atoms with E-state index in [1.165, 1.54) is 28.6 Å². The van der Waals surface area contributed by atoms with Crippen LogP contribution >= 0.6 is 0 Å². The highest BCUT2D eigenvalue weighted by Crippen LogP contribution is 2.25. The first-order chi connectivity index (χ1) is 13.3. The number of nitrogens with zero attached hydrogens (tertiary/aromatic N) is 1. The minimum atomic E-state index is -3.67. The molecule has 148 valence electrons. The molecule has 1 aliphatic rings. The Morgan fingerprint density at radius 1 is 1.04 bits per heavy atom. The third-order valence-corrected chi connectivity index (χ3v) is 6.92. The van der Waals surface area contributed by atoms with Crippen molar-refractivity contribution >= 4 is 27.5 Å². The highest BCUT2D eigenvalue weighted by molar-refractivity contribution is 7.89. The van der Waals surface area contributed by atoms with Gasteiger partial charge in [0.1, 0.15) is 0 Å². The number of piperidine rings is 1. The average Bonchev–Trinajstić information content (AvgIpc) is 2.70. The quantitative estimate of drug-likeness (QED) is 0.800. The van der Waals surface area contributed by atoms with Crippen molar-refractivity contribution in [3.8, 4) is 0 Å². The third kappa shape index (κ3) is 4.23. The van der Waals surface area contributed by atoms with E-state index in [2.05, 4.69) is 5.32 Å². The highest BCUT2D eigenvalue weighted by atomic mass is 32.2. The van der Waals surface area contributed by atoms with E-state index in [0.29, 0.717) is 12.8 Å². The lowest BCUT2D eigenvalue weighted by Gasteiger charge is -2.30. The van der Waals surface area contributed by atoms with Gasteiger partial charge in [-0.3, -0.25) is 9.59 Å². The lowest BCUT2D eigenvalue weighted by atomic mass is 9.97. The van der Waals surface area contributed by atoms with Gasteiger partial charge in [-0.1, -0.05) is 18.2 Å². The second kappa shape index (κ2) is 8.12. The van der Waals surface area contributed by atoms with Gasteiger partial charge in [-0.05, 0) is 55.7 Å². The van der Waals surface area contributed by atoms with E-state index in [1.54, 1.807) is 0 Å². The lowest BCUT2D eigenvalue weighted by molar-refractivity contribution is -0.120. The molecule has 1 aliphatic heterocycles. The van der Waals surface area contributed by atoms with Crippen molar-refractivity contribution in [2.75, 3.05) is 18.4 Å². The number of sulfonamides is 1.